The van der Waals surface area contributed by atoms with Gasteiger partial charge < -0.3 is 42.1 Å². The molecular formula is C18H34N4O8. The van der Waals surface area contributed by atoms with E-state index in [0.717, 1.165) is 0 Å². The maximum absolute atomic E-state index is 12.5. The van der Waals surface area contributed by atoms with Crippen molar-refractivity contribution < 1.29 is 39.6 Å². The van der Waals surface area contributed by atoms with Crippen LogP contribution in [0.5, 0.6) is 0 Å². The van der Waals surface area contributed by atoms with Crippen LogP contribution in [0, 0.1) is 5.92 Å². The van der Waals surface area contributed by atoms with E-state index < -0.39 is 72.1 Å². The van der Waals surface area contributed by atoms with E-state index in [0.29, 0.717) is 6.42 Å². The fraction of sp³-hybridized carbons (Fsp3) is 0.778. The summed E-state index contributed by atoms with van der Waals surface area (Å²) in [6.07, 6.45) is -3.57. The second kappa shape index (κ2) is 12.4. The summed E-state index contributed by atoms with van der Waals surface area (Å²) in [5, 5.41) is 45.1. The van der Waals surface area contributed by atoms with Crippen molar-refractivity contribution in [3.8, 4) is 0 Å². The van der Waals surface area contributed by atoms with E-state index in [1.807, 2.05) is 0 Å². The minimum absolute atomic E-state index is 0.414. The standard InChI is InChI=1S/C18H34N4O8/c1-6-7(2)12(18(29)30)20-16(27)14(10(5)25)22-17(28)13(9(4)24)21-15(26)11(19)8(3)23/h7-14,23-25H,6,19H2,1-5H3,(H,20,27)(H,21,26)(H,22,28)(H,29,30). The lowest BCUT2D eigenvalue weighted by molar-refractivity contribution is -0.144. The maximum Gasteiger partial charge on any atom is 0.326 e. The van der Waals surface area contributed by atoms with Gasteiger partial charge in [-0.2, -0.15) is 0 Å². The van der Waals surface area contributed by atoms with Gasteiger partial charge in [0.1, 0.15) is 24.2 Å². The molecule has 0 aliphatic rings. The zero-order chi connectivity index (χ0) is 23.8. The predicted octanol–water partition coefficient (Wildman–Crippen LogP) is -2.96. The van der Waals surface area contributed by atoms with Gasteiger partial charge in [0.05, 0.1) is 18.3 Å². The number of rotatable bonds is 12. The molecule has 0 aromatic heterocycles. The number of carboxylic acids is 1. The number of nitrogens with one attached hydrogen (secondary N) is 3. The Hall–Kier alpha value is -2.28. The molecule has 0 aromatic carbocycles. The zero-order valence-electron chi connectivity index (χ0n) is 17.8. The molecule has 9 N–H and O–H groups in total. The average molecular weight is 434 g/mol. The number of carbonyl (C=O) groups is 4. The van der Waals surface area contributed by atoms with Crippen LogP contribution >= 0.6 is 0 Å². The first-order valence-electron chi connectivity index (χ1n) is 9.68. The summed E-state index contributed by atoms with van der Waals surface area (Å²) >= 11 is 0. The summed E-state index contributed by atoms with van der Waals surface area (Å²) in [6.45, 7) is 7.06. The molecule has 0 heterocycles. The molecule has 174 valence electrons. The van der Waals surface area contributed by atoms with Gasteiger partial charge in [-0.1, -0.05) is 20.3 Å². The third kappa shape index (κ3) is 8.22. The van der Waals surface area contributed by atoms with Crippen molar-refractivity contribution in [3.05, 3.63) is 0 Å². The maximum atomic E-state index is 12.5. The van der Waals surface area contributed by atoms with Gasteiger partial charge in [-0.25, -0.2) is 4.79 Å². The van der Waals surface area contributed by atoms with Crippen LogP contribution in [0.15, 0.2) is 0 Å². The number of aliphatic hydroxyl groups is 3. The van der Waals surface area contributed by atoms with E-state index in [9.17, 15) is 39.6 Å². The van der Waals surface area contributed by atoms with Gasteiger partial charge in [0.15, 0.2) is 0 Å². The fourth-order valence-electron chi connectivity index (χ4n) is 2.45. The Bertz CT molecular complexity index is 611. The highest BCUT2D eigenvalue weighted by atomic mass is 16.4. The van der Waals surface area contributed by atoms with Crippen LogP contribution in [0.1, 0.15) is 41.0 Å². The lowest BCUT2D eigenvalue weighted by Crippen LogP contribution is -2.62. The number of nitrogens with two attached hydrogens (primary N) is 1. The minimum atomic E-state index is -1.55. The van der Waals surface area contributed by atoms with Gasteiger partial charge in [-0.15, -0.1) is 0 Å². The molecule has 0 aliphatic heterocycles. The third-order valence-electron chi connectivity index (χ3n) is 4.72. The molecule has 0 aromatic rings. The second-order valence-electron chi connectivity index (χ2n) is 7.43. The summed E-state index contributed by atoms with van der Waals surface area (Å²) in [7, 11) is 0. The van der Waals surface area contributed by atoms with Crippen molar-refractivity contribution in [3.63, 3.8) is 0 Å². The fourth-order valence-corrected chi connectivity index (χ4v) is 2.45. The van der Waals surface area contributed by atoms with Crippen LogP contribution in [0.4, 0.5) is 0 Å². The lowest BCUT2D eigenvalue weighted by Gasteiger charge is -2.28. The van der Waals surface area contributed by atoms with E-state index >= 15 is 0 Å². The molecule has 0 fully saturated rings. The van der Waals surface area contributed by atoms with Crippen molar-refractivity contribution in [1.82, 2.24) is 16.0 Å². The summed E-state index contributed by atoms with van der Waals surface area (Å²) < 4.78 is 0. The van der Waals surface area contributed by atoms with Crippen LogP contribution in [0.25, 0.3) is 0 Å². The van der Waals surface area contributed by atoms with Gasteiger partial charge >= 0.3 is 5.97 Å². The Morgan fingerprint density at radius 3 is 1.40 bits per heavy atom. The summed E-state index contributed by atoms with van der Waals surface area (Å²) in [4.78, 5) is 48.5. The van der Waals surface area contributed by atoms with Crippen molar-refractivity contribution in [2.75, 3.05) is 0 Å². The number of hydrogen-bond acceptors (Lipinski definition) is 8. The number of hydrogen-bond donors (Lipinski definition) is 8. The molecular weight excluding hydrogens is 400 g/mol. The molecule has 0 aliphatic carbocycles. The number of amides is 3. The van der Waals surface area contributed by atoms with Crippen molar-refractivity contribution in [1.29, 1.82) is 0 Å². The molecule has 12 heteroatoms. The average Bonchev–Trinajstić information content (AvgIpc) is 2.65. The van der Waals surface area contributed by atoms with Crippen molar-refractivity contribution in [2.45, 2.75) is 83.5 Å². The quantitative estimate of drug-likeness (QED) is 0.157. The Morgan fingerprint density at radius 2 is 1.10 bits per heavy atom. The molecule has 0 bridgehead atoms. The SMILES string of the molecule is CCC(C)C(NC(=O)C(NC(=O)C(NC(=O)C(N)C(C)O)C(C)O)C(C)O)C(=O)O. The van der Waals surface area contributed by atoms with E-state index in [1.54, 1.807) is 13.8 Å². The van der Waals surface area contributed by atoms with E-state index in [4.69, 9.17) is 5.73 Å². The Morgan fingerprint density at radius 1 is 0.733 bits per heavy atom. The highest BCUT2D eigenvalue weighted by molar-refractivity contribution is 5.94. The molecule has 3 amide bonds. The van der Waals surface area contributed by atoms with Crippen molar-refractivity contribution in [2.24, 2.45) is 11.7 Å². The molecule has 0 radical (unpaired) electrons. The predicted molar refractivity (Wildman–Crippen MR) is 106 cm³/mol. The Kier molecular flexibility index (Phi) is 11.5. The van der Waals surface area contributed by atoms with E-state index in [1.165, 1.54) is 20.8 Å². The van der Waals surface area contributed by atoms with Crippen LogP contribution in [0.3, 0.4) is 0 Å². The first kappa shape index (κ1) is 27.7. The smallest absolute Gasteiger partial charge is 0.326 e. The molecule has 0 rings (SSSR count). The van der Waals surface area contributed by atoms with Crippen LogP contribution in [-0.4, -0.2) is 86.6 Å². The molecule has 12 nitrogen and oxygen atoms in total. The van der Waals surface area contributed by atoms with Gasteiger partial charge in [0.2, 0.25) is 17.7 Å². The topological polar surface area (TPSA) is 211 Å². The van der Waals surface area contributed by atoms with Gasteiger partial charge in [0.25, 0.3) is 0 Å². The van der Waals surface area contributed by atoms with Crippen LogP contribution in [0.2, 0.25) is 0 Å². The second-order valence-corrected chi connectivity index (χ2v) is 7.43. The lowest BCUT2D eigenvalue weighted by atomic mass is 9.98. The van der Waals surface area contributed by atoms with Gasteiger partial charge in [-0.3, -0.25) is 14.4 Å². The number of aliphatic carboxylic acids is 1. The molecule has 30 heavy (non-hydrogen) atoms. The Balaban J connectivity index is 5.42. The monoisotopic (exact) mass is 434 g/mol. The first-order valence-corrected chi connectivity index (χ1v) is 9.68. The number of carboxylic acid groups (broad SMARTS) is 1. The first-order chi connectivity index (χ1) is 13.7. The van der Waals surface area contributed by atoms with Gasteiger partial charge in [-0.05, 0) is 26.7 Å². The highest BCUT2D eigenvalue weighted by Gasteiger charge is 2.35. The normalized spacial score (nSPS) is 19.2. The van der Waals surface area contributed by atoms with Crippen LogP contribution < -0.4 is 21.7 Å². The van der Waals surface area contributed by atoms with E-state index in [2.05, 4.69) is 16.0 Å². The summed E-state index contributed by atoms with van der Waals surface area (Å²) in [5.74, 6) is -4.54. The minimum Gasteiger partial charge on any atom is -0.480 e. The van der Waals surface area contributed by atoms with E-state index in [-0.39, 0.29) is 0 Å². The third-order valence-corrected chi connectivity index (χ3v) is 4.72. The summed E-state index contributed by atoms with van der Waals surface area (Å²) in [5.41, 5.74) is 5.50. The summed E-state index contributed by atoms with van der Waals surface area (Å²) in [6, 6.07) is -5.69. The van der Waals surface area contributed by atoms with Crippen LogP contribution in [-0.2, 0) is 19.2 Å². The Labute approximate surface area is 175 Å². The highest BCUT2D eigenvalue weighted by Crippen LogP contribution is 2.09. The molecule has 8 unspecified atom stereocenters. The molecule has 8 atom stereocenters. The largest absolute Gasteiger partial charge is 0.480 e. The van der Waals surface area contributed by atoms with Gasteiger partial charge in [0, 0.05) is 0 Å². The molecule has 0 saturated heterocycles. The number of carbonyl (C=O) groups excluding carboxylic acids is 3. The zero-order valence-corrected chi connectivity index (χ0v) is 17.8. The number of aliphatic hydroxyl groups excluding tert-OH is 3. The molecule has 0 saturated carbocycles. The van der Waals surface area contributed by atoms with Crippen molar-refractivity contribution >= 4 is 23.7 Å². The molecule has 0 spiro atoms.